The number of imide groups is 1. The number of aromatic nitrogens is 3. The summed E-state index contributed by atoms with van der Waals surface area (Å²) in [5.41, 5.74) is 4.26. The smallest absolute Gasteiger partial charge is 0.301 e. The third-order valence-electron chi connectivity index (χ3n) is 12.0. The van der Waals surface area contributed by atoms with Gasteiger partial charge in [-0.1, -0.05) is 52.0 Å². The van der Waals surface area contributed by atoms with E-state index in [9.17, 15) is 22.8 Å². The van der Waals surface area contributed by atoms with Gasteiger partial charge in [0.1, 0.15) is 5.82 Å². The molecular weight excluding hydrogens is 875 g/mol. The molecule has 2 saturated heterocycles. The van der Waals surface area contributed by atoms with Crippen LogP contribution in [0.5, 0.6) is 0 Å². The fourth-order valence-electron chi connectivity index (χ4n) is 8.18. The van der Waals surface area contributed by atoms with E-state index in [4.69, 9.17) is 9.97 Å². The second-order valence-electron chi connectivity index (χ2n) is 17.6. The van der Waals surface area contributed by atoms with Crippen molar-refractivity contribution < 1.29 is 31.6 Å². The fourth-order valence-corrected chi connectivity index (χ4v) is 10.2. The van der Waals surface area contributed by atoms with Crippen LogP contribution < -0.4 is 20.3 Å². The Balaban J connectivity index is 0.900. The Bertz CT molecular complexity index is 2750. The molecule has 65 heavy (non-hydrogen) atoms. The van der Waals surface area contributed by atoms with Crippen LogP contribution in [0.4, 0.5) is 31.8 Å². The van der Waals surface area contributed by atoms with Gasteiger partial charge >= 0.3 is 10.2 Å². The minimum atomic E-state index is -4.00. The Labute approximate surface area is 381 Å². The van der Waals surface area contributed by atoms with Gasteiger partial charge in [0.05, 0.1) is 45.1 Å². The highest BCUT2D eigenvalue weighted by atomic mass is 32.2. The predicted octanol–water partition coefficient (Wildman–Crippen LogP) is 6.42. The van der Waals surface area contributed by atoms with Gasteiger partial charge < -0.3 is 15.1 Å². The van der Waals surface area contributed by atoms with Gasteiger partial charge in [0.25, 0.3) is 0 Å². The highest BCUT2D eigenvalue weighted by molar-refractivity contribution is 7.90. The summed E-state index contributed by atoms with van der Waals surface area (Å²) >= 11 is 1.35. The summed E-state index contributed by atoms with van der Waals surface area (Å²) in [6.45, 7) is 11.3. The van der Waals surface area contributed by atoms with Crippen molar-refractivity contribution >= 4 is 62.3 Å². The van der Waals surface area contributed by atoms with Crippen molar-refractivity contribution in [1.29, 1.82) is 0 Å². The molecule has 1 atom stereocenters. The van der Waals surface area contributed by atoms with Crippen LogP contribution in [0.1, 0.15) is 68.2 Å². The van der Waals surface area contributed by atoms with Gasteiger partial charge in [0.15, 0.2) is 5.82 Å². The number of nitrogens with one attached hydrogen (secondary N) is 3. The van der Waals surface area contributed by atoms with E-state index < -0.39 is 27.3 Å². The van der Waals surface area contributed by atoms with Crippen LogP contribution in [-0.2, 0) is 43.0 Å². The number of carbonyl (C=O) groups is 3. The maximum atomic E-state index is 16.2. The van der Waals surface area contributed by atoms with E-state index in [0.717, 1.165) is 27.4 Å². The zero-order valence-electron chi connectivity index (χ0n) is 37.0. The third-order valence-corrected chi connectivity index (χ3v) is 15.1. The molecule has 3 N–H and O–H groups in total. The van der Waals surface area contributed by atoms with Gasteiger partial charge in [0, 0.05) is 82.1 Å². The van der Waals surface area contributed by atoms with Crippen LogP contribution in [0.15, 0.2) is 66.9 Å². The molecule has 0 bridgehead atoms. The zero-order chi connectivity index (χ0) is 46.2. The Morgan fingerprint density at radius 1 is 0.969 bits per heavy atom. The lowest BCUT2D eigenvalue weighted by Crippen LogP contribution is -2.51. The van der Waals surface area contributed by atoms with E-state index in [2.05, 4.69) is 31.3 Å². The van der Waals surface area contributed by atoms with Crippen LogP contribution in [0.3, 0.4) is 0 Å². The first-order valence-electron chi connectivity index (χ1n) is 21.6. The second-order valence-corrected chi connectivity index (χ2v) is 20.3. The van der Waals surface area contributed by atoms with Crippen molar-refractivity contribution in [2.45, 2.75) is 64.8 Å². The molecule has 19 heteroatoms. The number of benzene rings is 3. The molecule has 0 saturated carbocycles. The van der Waals surface area contributed by atoms with Crippen LogP contribution in [0, 0.1) is 11.6 Å². The first-order chi connectivity index (χ1) is 31.0. The van der Waals surface area contributed by atoms with Gasteiger partial charge in [0.2, 0.25) is 23.7 Å². The number of halogens is 2. The fraction of sp³-hybridized carbons (Fsp3) is 0.391. The molecule has 15 nitrogen and oxygen atoms in total. The monoisotopic (exact) mass is 926 g/mol. The van der Waals surface area contributed by atoms with E-state index in [1.165, 1.54) is 30.5 Å². The molecule has 8 rings (SSSR count). The largest absolute Gasteiger partial charge is 0.366 e. The average molecular weight is 927 g/mol. The van der Waals surface area contributed by atoms with Crippen LogP contribution in [0.2, 0.25) is 0 Å². The van der Waals surface area contributed by atoms with Gasteiger partial charge in [-0.05, 0) is 65.9 Å². The van der Waals surface area contributed by atoms with Crippen molar-refractivity contribution in [3.8, 4) is 21.8 Å². The Morgan fingerprint density at radius 3 is 2.48 bits per heavy atom. The molecule has 2 aromatic heterocycles. The highest BCUT2D eigenvalue weighted by Gasteiger charge is 2.31. The molecule has 3 aliphatic rings. The number of rotatable bonds is 12. The van der Waals surface area contributed by atoms with Crippen molar-refractivity contribution in [3.63, 3.8) is 0 Å². The maximum Gasteiger partial charge on any atom is 0.301 e. The summed E-state index contributed by atoms with van der Waals surface area (Å²) in [6.07, 6.45) is 3.14. The molecule has 0 radical (unpaired) electrons. The molecule has 2 fully saturated rings. The van der Waals surface area contributed by atoms with Crippen molar-refractivity contribution in [1.82, 2.24) is 34.4 Å². The summed E-state index contributed by atoms with van der Waals surface area (Å²) in [5.74, 6) is -1.83. The lowest BCUT2D eigenvalue weighted by Gasteiger charge is -2.37. The van der Waals surface area contributed by atoms with Crippen molar-refractivity contribution in [3.05, 3.63) is 100 Å². The summed E-state index contributed by atoms with van der Waals surface area (Å²) in [6, 6.07) is 17.0. The summed E-state index contributed by atoms with van der Waals surface area (Å²) in [5, 5.41) is 6.25. The number of thiazole rings is 1. The Morgan fingerprint density at radius 2 is 1.75 bits per heavy atom. The van der Waals surface area contributed by atoms with E-state index in [1.807, 2.05) is 42.7 Å². The SMILES string of the molecule is CCN(C)S(=O)(=O)Nc1cccc(-c2nc(C(C)(C)C)sc2-c2ccnc(Nc3ccc(N4CCN(C(=O)CN5CCc6cc([C@H]7CCC(=O)NC7=O)ccc6C5)CC4)c(F)c3)n2)c1F. The first kappa shape index (κ1) is 45.7. The van der Waals surface area contributed by atoms with Crippen LogP contribution >= 0.6 is 11.3 Å². The molecule has 3 aromatic carbocycles. The molecule has 0 aliphatic carbocycles. The minimum absolute atomic E-state index is 0.0251. The molecule has 0 spiro atoms. The van der Waals surface area contributed by atoms with E-state index >= 15 is 8.78 Å². The second kappa shape index (κ2) is 18.5. The van der Waals surface area contributed by atoms with E-state index in [0.29, 0.717) is 84.8 Å². The van der Waals surface area contributed by atoms with Gasteiger partial charge in [-0.2, -0.15) is 12.7 Å². The zero-order valence-corrected chi connectivity index (χ0v) is 38.6. The number of amides is 3. The van der Waals surface area contributed by atoms with Gasteiger partial charge in [-0.3, -0.25) is 29.3 Å². The molecule has 5 aromatic rings. The molecule has 0 unspecified atom stereocenters. The van der Waals surface area contributed by atoms with Crippen LogP contribution in [-0.4, -0.2) is 108 Å². The Kier molecular flexibility index (Phi) is 13.0. The number of anilines is 4. The van der Waals surface area contributed by atoms with Crippen LogP contribution in [0.25, 0.3) is 21.8 Å². The molecule has 3 aliphatic heterocycles. The quantitative estimate of drug-likeness (QED) is 0.118. The number of piperazine rings is 1. The summed E-state index contributed by atoms with van der Waals surface area (Å²) in [4.78, 5) is 57.8. The van der Waals surface area contributed by atoms with Crippen molar-refractivity contribution in [2.24, 2.45) is 0 Å². The molecule has 3 amide bonds. The molecule has 342 valence electrons. The summed E-state index contributed by atoms with van der Waals surface area (Å²) < 4.78 is 61.0. The molecule has 5 heterocycles. The van der Waals surface area contributed by atoms with Crippen molar-refractivity contribution in [2.75, 3.05) is 67.8 Å². The number of fused-ring (bicyclic) bond motifs is 1. The number of carbonyl (C=O) groups excluding carboxylic acids is 3. The predicted molar refractivity (Wildman–Crippen MR) is 247 cm³/mol. The molecular formula is C46H52F2N10O5S2. The third kappa shape index (κ3) is 10.0. The standard InChI is InChI=1S/C46H52F2N10O5S2/c1-6-55(5)65(62,63)54-35-9-7-8-33(40(35)48)41-42(64-44(53-41)46(2,3)4)36-16-18-49-45(51-36)50-31-12-14-37(34(47)25-31)57-20-22-58(23-21-57)39(60)27-56-19-17-28-24-29(10-11-30(28)26-56)32-13-15-38(59)52-43(32)61/h7-12,14,16,18,24-25,32,54H,6,13,15,17,19-23,26-27H2,1-5H3,(H,49,50,51)(H,52,59,61)/t32-/m1/s1. The lowest BCUT2D eigenvalue weighted by atomic mass is 9.87. The topological polar surface area (TPSA) is 173 Å². The van der Waals surface area contributed by atoms with E-state index in [1.54, 1.807) is 43.5 Å². The maximum absolute atomic E-state index is 16.2. The number of nitrogens with zero attached hydrogens (tertiary/aromatic N) is 7. The lowest BCUT2D eigenvalue weighted by molar-refractivity contribution is -0.134. The summed E-state index contributed by atoms with van der Waals surface area (Å²) in [7, 11) is -2.60. The minimum Gasteiger partial charge on any atom is -0.366 e. The number of hydrogen-bond acceptors (Lipinski definition) is 12. The number of hydrogen-bond donors (Lipinski definition) is 3. The van der Waals surface area contributed by atoms with E-state index in [-0.39, 0.29) is 53.9 Å². The normalized spacial score (nSPS) is 17.3. The number of piperidine rings is 1. The van der Waals surface area contributed by atoms with Gasteiger partial charge in [-0.25, -0.2) is 23.7 Å². The Hall–Kier alpha value is -5.89. The van der Waals surface area contributed by atoms with Gasteiger partial charge in [-0.15, -0.1) is 11.3 Å². The average Bonchev–Trinajstić information content (AvgIpc) is 3.73. The first-order valence-corrected chi connectivity index (χ1v) is 23.9. The highest BCUT2D eigenvalue weighted by Crippen LogP contribution is 2.42.